The molecule has 1 aliphatic heterocycles. The second-order valence-electron chi connectivity index (χ2n) is 16.5. The van der Waals surface area contributed by atoms with E-state index >= 15 is 0 Å². The van der Waals surface area contributed by atoms with Crippen molar-refractivity contribution in [2.45, 2.75) is 138 Å². The average molecular weight is 770 g/mol. The molecule has 0 saturated carbocycles. The molecule has 55 heavy (non-hydrogen) atoms. The lowest BCUT2D eigenvalue weighted by Gasteiger charge is -2.28. The van der Waals surface area contributed by atoms with Crippen LogP contribution < -0.4 is 11.5 Å². The average Bonchev–Trinajstić information content (AvgIpc) is 3.80. The van der Waals surface area contributed by atoms with Gasteiger partial charge in [0.25, 0.3) is 0 Å². The first-order valence-corrected chi connectivity index (χ1v) is 19.4. The number of aromatic nitrogens is 2. The van der Waals surface area contributed by atoms with Crippen molar-refractivity contribution in [1.29, 1.82) is 0 Å². The van der Waals surface area contributed by atoms with E-state index in [2.05, 4.69) is 9.97 Å². The molecule has 1 aliphatic rings. The normalized spacial score (nSPS) is 16.3. The number of nitrogens with one attached hydrogen (secondary N) is 1. The number of likely N-dealkylation sites (tertiary alicyclic amines) is 1. The Morgan fingerprint density at radius 3 is 1.73 bits per heavy atom. The maximum atomic E-state index is 12.0. The highest BCUT2D eigenvalue weighted by molar-refractivity contribution is 5.92. The van der Waals surface area contributed by atoms with Gasteiger partial charge in [-0.2, -0.15) is 0 Å². The van der Waals surface area contributed by atoms with Crippen LogP contribution in [0.15, 0.2) is 36.8 Å². The maximum absolute atomic E-state index is 12.0. The summed E-state index contributed by atoms with van der Waals surface area (Å²) in [4.78, 5) is 79.7. The molecule has 0 radical (unpaired) electrons. The fraction of sp³-hybridized carbons (Fsp3) is 0.643. The zero-order valence-corrected chi connectivity index (χ0v) is 34.9. The van der Waals surface area contributed by atoms with Gasteiger partial charge in [-0.1, -0.05) is 67.5 Å². The van der Waals surface area contributed by atoms with E-state index in [-0.39, 0.29) is 89.2 Å². The number of ketones is 5. The number of ether oxygens (including phenoxy) is 1. The van der Waals surface area contributed by atoms with Crippen molar-refractivity contribution in [2.75, 3.05) is 6.54 Å². The van der Waals surface area contributed by atoms with E-state index in [0.29, 0.717) is 19.4 Å². The summed E-state index contributed by atoms with van der Waals surface area (Å²) in [6.45, 7) is 20.8. The summed E-state index contributed by atoms with van der Waals surface area (Å²) in [6, 6.07) is 5.14. The number of hydrogen-bond acceptors (Lipinski definition) is 11. The SMILES string of the molecule is CC(C)C(=O)C1CCCN1C(=O)OC(C)(C)C.CC(C)C(=O)[C@H](C)CC(=O)[C@@H](N)Cc1ccc(O)cc1.CC(C)C(=O)[C@H](C)CC(=O)[C@@H](N)Cc1cnc[nH]1. The van der Waals surface area contributed by atoms with Crippen LogP contribution >= 0.6 is 0 Å². The third kappa shape index (κ3) is 17.8. The molecule has 308 valence electrons. The molecule has 1 unspecified atom stereocenters. The smallest absolute Gasteiger partial charge is 0.410 e. The number of H-pyrrole nitrogens is 1. The summed E-state index contributed by atoms with van der Waals surface area (Å²) in [5, 5.41) is 9.20. The zero-order chi connectivity index (χ0) is 42.2. The number of rotatable bonds is 16. The number of nitrogens with zero attached hydrogens (tertiary/aromatic N) is 2. The van der Waals surface area contributed by atoms with E-state index in [0.717, 1.165) is 24.1 Å². The molecule has 13 heteroatoms. The Bertz CT molecular complexity index is 1530. The number of phenols is 1. The van der Waals surface area contributed by atoms with Gasteiger partial charge >= 0.3 is 6.09 Å². The van der Waals surface area contributed by atoms with Crippen LogP contribution in [0.5, 0.6) is 5.75 Å². The largest absolute Gasteiger partial charge is 0.508 e. The van der Waals surface area contributed by atoms with Gasteiger partial charge in [-0.25, -0.2) is 9.78 Å². The number of carbonyl (C=O) groups excluding carboxylic acids is 6. The Labute approximate surface area is 327 Å². The van der Waals surface area contributed by atoms with Gasteiger partial charge in [0.15, 0.2) is 17.3 Å². The zero-order valence-electron chi connectivity index (χ0n) is 34.9. The molecule has 0 bridgehead atoms. The van der Waals surface area contributed by atoms with Gasteiger partial charge < -0.3 is 26.3 Å². The minimum atomic E-state index is -0.609. The molecule has 3 rings (SSSR count). The molecule has 1 aromatic heterocycles. The Balaban J connectivity index is 0.000000414. The van der Waals surface area contributed by atoms with Crippen molar-refractivity contribution in [3.05, 3.63) is 48.0 Å². The second-order valence-corrected chi connectivity index (χ2v) is 16.5. The number of nitrogens with two attached hydrogens (primary N) is 2. The van der Waals surface area contributed by atoms with Gasteiger partial charge in [0.2, 0.25) is 0 Å². The highest BCUT2D eigenvalue weighted by Crippen LogP contribution is 2.23. The molecule has 5 atom stereocenters. The molecule has 1 fully saturated rings. The summed E-state index contributed by atoms with van der Waals surface area (Å²) in [5.74, 6) is -0.347. The fourth-order valence-corrected chi connectivity index (χ4v) is 5.98. The summed E-state index contributed by atoms with van der Waals surface area (Å²) < 4.78 is 5.32. The Morgan fingerprint density at radius 2 is 1.31 bits per heavy atom. The van der Waals surface area contributed by atoms with E-state index in [1.807, 2.05) is 62.3 Å². The first kappa shape index (κ1) is 48.8. The quantitative estimate of drug-likeness (QED) is 0.160. The third-order valence-corrected chi connectivity index (χ3v) is 9.12. The molecule has 2 heterocycles. The van der Waals surface area contributed by atoms with Crippen molar-refractivity contribution in [3.63, 3.8) is 0 Å². The monoisotopic (exact) mass is 769 g/mol. The van der Waals surface area contributed by atoms with Crippen LogP contribution in [0.25, 0.3) is 0 Å². The van der Waals surface area contributed by atoms with Crippen molar-refractivity contribution in [1.82, 2.24) is 14.9 Å². The molecule has 1 saturated heterocycles. The number of hydrogen-bond donors (Lipinski definition) is 4. The van der Waals surface area contributed by atoms with Crippen LogP contribution in [0.4, 0.5) is 4.79 Å². The number of carbonyl (C=O) groups is 6. The van der Waals surface area contributed by atoms with Crippen LogP contribution in [-0.4, -0.2) is 85.3 Å². The number of aromatic hydroxyl groups is 1. The summed E-state index contributed by atoms with van der Waals surface area (Å²) >= 11 is 0. The number of imidazole rings is 1. The van der Waals surface area contributed by atoms with Crippen LogP contribution in [0.1, 0.15) is 113 Å². The molecule has 6 N–H and O–H groups in total. The predicted octanol–water partition coefficient (Wildman–Crippen LogP) is 5.79. The van der Waals surface area contributed by atoms with Crippen LogP contribution in [0, 0.1) is 29.6 Å². The standard InChI is InChI=1S/C16H23NO3.C13H21N3O2.C13H23NO3/c1-10(2)16(20)11(3)8-15(19)14(17)9-12-4-6-13(18)7-5-12;1-8(2)13(18)9(3)4-12(17)11(14)5-10-6-15-7-16-10;1-9(2)11(15)10-7-6-8-14(10)12(16)17-13(3,4)5/h4-7,10-11,14,18H,8-9,17H2,1-3H3;6-9,11H,4-5,14H2,1-3H3,(H,15,16);9-10H,6-8H2,1-5H3/t11-,14+;9-,11+;/m11./s1. The van der Waals surface area contributed by atoms with E-state index in [9.17, 15) is 33.9 Å². The van der Waals surface area contributed by atoms with Crippen molar-refractivity contribution < 1.29 is 38.6 Å². The number of benzene rings is 1. The van der Waals surface area contributed by atoms with E-state index < -0.39 is 17.7 Å². The minimum Gasteiger partial charge on any atom is -0.508 e. The molecular weight excluding hydrogens is 702 g/mol. The Morgan fingerprint density at radius 1 is 0.818 bits per heavy atom. The number of Topliss-reactive ketones (excluding diaryl/α,β-unsaturated/α-hetero) is 5. The lowest BCUT2D eigenvalue weighted by Crippen LogP contribution is -2.44. The minimum absolute atomic E-state index is 0.0389. The molecule has 1 aromatic carbocycles. The number of aromatic amines is 1. The van der Waals surface area contributed by atoms with Gasteiger partial charge in [-0.15, -0.1) is 0 Å². The third-order valence-electron chi connectivity index (χ3n) is 9.12. The van der Waals surface area contributed by atoms with Crippen LogP contribution in [0.2, 0.25) is 0 Å². The molecule has 0 spiro atoms. The molecular formula is C42H67N5O8. The van der Waals surface area contributed by atoms with Crippen LogP contribution in [-0.2, 0) is 41.6 Å². The van der Waals surface area contributed by atoms with Gasteiger partial charge in [0.05, 0.1) is 24.5 Å². The maximum Gasteiger partial charge on any atom is 0.410 e. The van der Waals surface area contributed by atoms with Gasteiger partial charge in [0.1, 0.15) is 22.9 Å². The van der Waals surface area contributed by atoms with Gasteiger partial charge in [-0.05, 0) is 57.7 Å². The topological polar surface area (TPSA) is 216 Å². The fourth-order valence-electron chi connectivity index (χ4n) is 5.98. The van der Waals surface area contributed by atoms with Gasteiger partial charge in [-0.3, -0.25) is 28.9 Å². The van der Waals surface area contributed by atoms with Crippen molar-refractivity contribution in [2.24, 2.45) is 41.1 Å². The van der Waals surface area contributed by atoms with Crippen LogP contribution in [0.3, 0.4) is 0 Å². The summed E-state index contributed by atoms with van der Waals surface area (Å²) in [7, 11) is 0. The molecule has 0 aliphatic carbocycles. The van der Waals surface area contributed by atoms with Crippen molar-refractivity contribution >= 4 is 35.0 Å². The number of phenolic OH excluding ortho intramolecular Hbond substituents is 1. The molecule has 1 amide bonds. The molecule has 2 aromatic rings. The van der Waals surface area contributed by atoms with Crippen molar-refractivity contribution in [3.8, 4) is 5.75 Å². The van der Waals surface area contributed by atoms with Gasteiger partial charge in [0, 0.05) is 67.3 Å². The van der Waals surface area contributed by atoms with E-state index in [1.54, 1.807) is 55.5 Å². The predicted molar refractivity (Wildman–Crippen MR) is 213 cm³/mol. The lowest BCUT2D eigenvalue weighted by molar-refractivity contribution is -0.129. The van der Waals surface area contributed by atoms with E-state index in [1.165, 1.54) is 0 Å². The number of amides is 1. The summed E-state index contributed by atoms with van der Waals surface area (Å²) in [5.41, 5.74) is 12.9. The lowest BCUT2D eigenvalue weighted by atomic mass is 9.90. The second kappa shape index (κ2) is 23.0. The Hall–Kier alpha value is -4.23. The summed E-state index contributed by atoms with van der Waals surface area (Å²) in [6.07, 6.45) is 5.73. The highest BCUT2D eigenvalue weighted by Gasteiger charge is 2.37. The van der Waals surface area contributed by atoms with E-state index in [4.69, 9.17) is 16.2 Å². The molecule has 13 nitrogen and oxygen atoms in total. The highest BCUT2D eigenvalue weighted by atomic mass is 16.6. The first-order chi connectivity index (χ1) is 25.4. The Kier molecular flexibility index (Phi) is 20.4. The first-order valence-electron chi connectivity index (χ1n) is 19.4.